The molecule has 4 aromatic rings. The number of hydrogen-bond acceptors (Lipinski definition) is 1. The quantitative estimate of drug-likeness (QED) is 0.533. The Morgan fingerprint density at radius 3 is 1.72 bits per heavy atom. The van der Waals surface area contributed by atoms with E-state index in [-0.39, 0.29) is 0 Å². The van der Waals surface area contributed by atoms with E-state index in [0.29, 0.717) is 0 Å². The van der Waals surface area contributed by atoms with Crippen LogP contribution in [0.1, 0.15) is 22.5 Å². The van der Waals surface area contributed by atoms with Crippen molar-refractivity contribution in [3.63, 3.8) is 0 Å². The maximum Gasteiger partial charge on any atom is 0.137 e. The number of H-pyrrole nitrogens is 1. The van der Waals surface area contributed by atoms with Crippen LogP contribution < -0.4 is 0 Å². The summed E-state index contributed by atoms with van der Waals surface area (Å²) < 4.78 is 0. The van der Waals surface area contributed by atoms with Crippen LogP contribution in [0.4, 0.5) is 0 Å². The molecule has 1 aromatic heterocycles. The van der Waals surface area contributed by atoms with Gasteiger partial charge in [-0.1, -0.05) is 91.0 Å². The zero-order chi connectivity index (χ0) is 16.9. The van der Waals surface area contributed by atoms with E-state index in [1.165, 1.54) is 16.8 Å². The first-order valence-electron chi connectivity index (χ1n) is 8.59. The summed E-state index contributed by atoms with van der Waals surface area (Å²) in [5.41, 5.74) is 6.00. The van der Waals surface area contributed by atoms with Crippen LogP contribution in [0, 0.1) is 0 Å². The molecule has 0 fully saturated rings. The Kier molecular flexibility index (Phi) is 4.42. The topological polar surface area (TPSA) is 28.7 Å². The van der Waals surface area contributed by atoms with E-state index in [4.69, 9.17) is 4.98 Å². The summed E-state index contributed by atoms with van der Waals surface area (Å²) in [7, 11) is 0. The largest absolute Gasteiger partial charge is 0.341 e. The molecule has 0 radical (unpaired) electrons. The van der Waals surface area contributed by atoms with Crippen LogP contribution in [0.5, 0.6) is 0 Å². The number of imidazole rings is 1. The molecule has 2 nitrogen and oxygen atoms in total. The van der Waals surface area contributed by atoms with Crippen molar-refractivity contribution in [2.24, 2.45) is 0 Å². The minimum absolute atomic E-state index is 0.840. The summed E-state index contributed by atoms with van der Waals surface area (Å²) in [6, 6.07) is 31.4. The van der Waals surface area contributed by atoms with Crippen LogP contribution in [0.25, 0.3) is 11.4 Å². The third-order valence-electron chi connectivity index (χ3n) is 4.35. The molecule has 3 aromatic carbocycles. The lowest BCUT2D eigenvalue weighted by Crippen LogP contribution is -1.96. The smallest absolute Gasteiger partial charge is 0.137 e. The van der Waals surface area contributed by atoms with Crippen molar-refractivity contribution in [1.29, 1.82) is 0 Å². The fourth-order valence-electron chi connectivity index (χ4n) is 3.06. The summed E-state index contributed by atoms with van der Waals surface area (Å²) in [6.45, 7) is 0. The number of hydrogen-bond donors (Lipinski definition) is 1. The van der Waals surface area contributed by atoms with Gasteiger partial charge in [-0.15, -0.1) is 0 Å². The van der Waals surface area contributed by atoms with Crippen molar-refractivity contribution in [3.8, 4) is 11.4 Å². The summed E-state index contributed by atoms with van der Waals surface area (Å²) in [6.07, 6.45) is 1.70. The summed E-state index contributed by atoms with van der Waals surface area (Å²) in [5.74, 6) is 0.942. The molecule has 0 amide bonds. The zero-order valence-corrected chi connectivity index (χ0v) is 14.0. The van der Waals surface area contributed by atoms with Crippen molar-refractivity contribution in [2.45, 2.75) is 12.8 Å². The van der Waals surface area contributed by atoms with Crippen LogP contribution in [0.3, 0.4) is 0 Å². The molecule has 0 aliphatic carbocycles. The SMILES string of the molecule is c1ccc(Cc2nc(-c3ccccc3)[nH]c2Cc2ccccc2)cc1. The van der Waals surface area contributed by atoms with Gasteiger partial charge in [0.25, 0.3) is 0 Å². The van der Waals surface area contributed by atoms with Crippen molar-refractivity contribution < 1.29 is 0 Å². The Morgan fingerprint density at radius 2 is 1.12 bits per heavy atom. The molecule has 1 heterocycles. The zero-order valence-electron chi connectivity index (χ0n) is 14.0. The number of aromatic amines is 1. The van der Waals surface area contributed by atoms with Gasteiger partial charge in [0.15, 0.2) is 0 Å². The minimum Gasteiger partial charge on any atom is -0.341 e. The molecule has 0 aliphatic rings. The average Bonchev–Trinajstić information content (AvgIpc) is 3.06. The highest BCUT2D eigenvalue weighted by molar-refractivity contribution is 5.56. The summed E-state index contributed by atoms with van der Waals surface area (Å²) in [4.78, 5) is 8.47. The second kappa shape index (κ2) is 7.18. The van der Waals surface area contributed by atoms with Gasteiger partial charge in [0.2, 0.25) is 0 Å². The van der Waals surface area contributed by atoms with Gasteiger partial charge in [-0.2, -0.15) is 0 Å². The molecule has 1 N–H and O–H groups in total. The number of nitrogens with zero attached hydrogens (tertiary/aromatic N) is 1. The molecule has 25 heavy (non-hydrogen) atoms. The molecule has 4 rings (SSSR count). The first kappa shape index (κ1) is 15.4. The number of aromatic nitrogens is 2. The van der Waals surface area contributed by atoms with E-state index in [0.717, 1.165) is 29.9 Å². The van der Waals surface area contributed by atoms with Gasteiger partial charge in [0.05, 0.1) is 5.69 Å². The molecule has 0 unspecified atom stereocenters. The normalized spacial score (nSPS) is 10.7. The van der Waals surface area contributed by atoms with Crippen molar-refractivity contribution in [3.05, 3.63) is 114 Å². The number of nitrogens with one attached hydrogen (secondary N) is 1. The lowest BCUT2D eigenvalue weighted by molar-refractivity contribution is 1.03. The molecule has 0 aliphatic heterocycles. The molecular formula is C23H20N2. The number of rotatable bonds is 5. The minimum atomic E-state index is 0.840. The molecule has 0 bridgehead atoms. The van der Waals surface area contributed by atoms with E-state index in [1.54, 1.807) is 0 Å². The van der Waals surface area contributed by atoms with Crippen LogP contribution in [0.2, 0.25) is 0 Å². The van der Waals surface area contributed by atoms with Gasteiger partial charge in [-0.3, -0.25) is 0 Å². The molecule has 0 saturated carbocycles. The van der Waals surface area contributed by atoms with Gasteiger partial charge in [0.1, 0.15) is 5.82 Å². The Labute approximate surface area is 148 Å². The van der Waals surface area contributed by atoms with Crippen LogP contribution in [-0.2, 0) is 12.8 Å². The highest BCUT2D eigenvalue weighted by atomic mass is 14.9. The van der Waals surface area contributed by atoms with E-state index < -0.39 is 0 Å². The Morgan fingerprint density at radius 1 is 0.600 bits per heavy atom. The monoisotopic (exact) mass is 324 g/mol. The van der Waals surface area contributed by atoms with Gasteiger partial charge < -0.3 is 4.98 Å². The Balaban J connectivity index is 1.70. The summed E-state index contributed by atoms with van der Waals surface area (Å²) >= 11 is 0. The fraction of sp³-hybridized carbons (Fsp3) is 0.0870. The third kappa shape index (κ3) is 3.69. The molecule has 2 heteroatoms. The lowest BCUT2D eigenvalue weighted by atomic mass is 10.0. The fourth-order valence-corrected chi connectivity index (χ4v) is 3.06. The van der Waals surface area contributed by atoms with Crippen molar-refractivity contribution in [2.75, 3.05) is 0 Å². The maximum atomic E-state index is 4.92. The second-order valence-corrected chi connectivity index (χ2v) is 6.20. The van der Waals surface area contributed by atoms with Gasteiger partial charge in [-0.05, 0) is 11.1 Å². The lowest BCUT2D eigenvalue weighted by Gasteiger charge is -2.03. The van der Waals surface area contributed by atoms with Crippen LogP contribution >= 0.6 is 0 Å². The first-order valence-corrected chi connectivity index (χ1v) is 8.59. The Hall–Kier alpha value is -3.13. The Bertz CT molecular complexity index is 867. The molecule has 122 valence electrons. The van der Waals surface area contributed by atoms with Gasteiger partial charge >= 0.3 is 0 Å². The molecule has 0 saturated heterocycles. The van der Waals surface area contributed by atoms with E-state index in [2.05, 4.69) is 71.7 Å². The first-order chi connectivity index (χ1) is 12.4. The third-order valence-corrected chi connectivity index (χ3v) is 4.35. The molecule has 0 atom stereocenters. The number of benzene rings is 3. The second-order valence-electron chi connectivity index (χ2n) is 6.20. The van der Waals surface area contributed by atoms with Crippen molar-refractivity contribution in [1.82, 2.24) is 9.97 Å². The predicted molar refractivity (Wildman–Crippen MR) is 103 cm³/mol. The summed E-state index contributed by atoms with van der Waals surface area (Å²) in [5, 5.41) is 0. The van der Waals surface area contributed by atoms with Gasteiger partial charge in [-0.25, -0.2) is 4.98 Å². The van der Waals surface area contributed by atoms with Crippen LogP contribution in [-0.4, -0.2) is 9.97 Å². The van der Waals surface area contributed by atoms with Gasteiger partial charge in [0, 0.05) is 24.1 Å². The predicted octanol–water partition coefficient (Wildman–Crippen LogP) is 5.26. The van der Waals surface area contributed by atoms with Crippen LogP contribution in [0.15, 0.2) is 91.0 Å². The standard InChI is InChI=1S/C23H20N2/c1-4-10-18(11-5-1)16-21-22(17-19-12-6-2-7-13-19)25-23(24-21)20-14-8-3-9-15-20/h1-15H,16-17H2,(H,24,25). The highest BCUT2D eigenvalue weighted by Crippen LogP contribution is 2.22. The highest BCUT2D eigenvalue weighted by Gasteiger charge is 2.12. The average molecular weight is 324 g/mol. The van der Waals surface area contributed by atoms with Crippen molar-refractivity contribution >= 4 is 0 Å². The maximum absolute atomic E-state index is 4.92. The van der Waals surface area contributed by atoms with E-state index in [1.807, 2.05) is 24.3 Å². The molecular weight excluding hydrogens is 304 g/mol. The van der Waals surface area contributed by atoms with E-state index >= 15 is 0 Å². The molecule has 0 spiro atoms. The van der Waals surface area contributed by atoms with E-state index in [9.17, 15) is 0 Å².